The zero-order valence-corrected chi connectivity index (χ0v) is 24.8. The summed E-state index contributed by atoms with van der Waals surface area (Å²) in [5, 5.41) is 13.1. The number of amides is 1. The van der Waals surface area contributed by atoms with Crippen LogP contribution >= 0.6 is 34.2 Å². The zero-order valence-electron chi connectivity index (χ0n) is 21.9. The summed E-state index contributed by atoms with van der Waals surface area (Å²) in [5.74, 6) is 1.21. The van der Waals surface area contributed by atoms with Crippen molar-refractivity contribution >= 4 is 51.9 Å². The molecule has 0 atom stereocenters. The molecule has 0 radical (unpaired) electrons. The van der Waals surface area contributed by atoms with E-state index < -0.39 is 5.91 Å². The van der Waals surface area contributed by atoms with Crippen molar-refractivity contribution in [3.8, 4) is 23.3 Å². The van der Waals surface area contributed by atoms with Gasteiger partial charge in [0.2, 0.25) is 0 Å². The first-order chi connectivity index (χ1) is 19.4. The number of methoxy groups -OCH3 is 1. The topological polar surface area (TPSA) is 80.6 Å². The van der Waals surface area contributed by atoms with Gasteiger partial charge >= 0.3 is 0 Å². The maximum absolute atomic E-state index is 12.9. The minimum Gasteiger partial charge on any atom is -0.493 e. The first-order valence-corrected chi connectivity index (χ1v) is 13.8. The summed E-state index contributed by atoms with van der Waals surface area (Å²) < 4.78 is 18.2. The van der Waals surface area contributed by atoms with Gasteiger partial charge < -0.3 is 19.5 Å². The lowest BCUT2D eigenvalue weighted by Gasteiger charge is -2.14. The van der Waals surface area contributed by atoms with E-state index in [-0.39, 0.29) is 5.57 Å². The van der Waals surface area contributed by atoms with Crippen LogP contribution in [0.4, 0.5) is 5.69 Å². The predicted molar refractivity (Wildman–Crippen MR) is 166 cm³/mol. The van der Waals surface area contributed by atoms with E-state index in [9.17, 15) is 10.1 Å². The van der Waals surface area contributed by atoms with Crippen LogP contribution < -0.4 is 19.5 Å². The van der Waals surface area contributed by atoms with E-state index in [1.807, 2.05) is 67.6 Å². The summed E-state index contributed by atoms with van der Waals surface area (Å²) in [6.07, 6.45) is 1.52. The molecule has 0 aliphatic carbocycles. The summed E-state index contributed by atoms with van der Waals surface area (Å²) in [4.78, 5) is 12.9. The number of benzene rings is 4. The molecule has 4 rings (SSSR count). The average molecular weight is 665 g/mol. The molecule has 1 amide bonds. The molecule has 0 bridgehead atoms. The molecule has 4 aromatic rings. The monoisotopic (exact) mass is 664 g/mol. The van der Waals surface area contributed by atoms with E-state index in [1.165, 1.54) is 11.6 Å². The molecule has 8 heteroatoms. The molecular weight excluding hydrogens is 639 g/mol. The fourth-order valence-electron chi connectivity index (χ4n) is 3.73. The van der Waals surface area contributed by atoms with Gasteiger partial charge in [0.05, 0.1) is 10.7 Å². The van der Waals surface area contributed by atoms with Crippen molar-refractivity contribution in [3.63, 3.8) is 0 Å². The van der Waals surface area contributed by atoms with Crippen molar-refractivity contribution in [3.05, 3.63) is 121 Å². The third kappa shape index (κ3) is 7.78. The van der Waals surface area contributed by atoms with E-state index in [1.54, 1.807) is 37.4 Å². The zero-order chi connectivity index (χ0) is 28.5. The van der Waals surface area contributed by atoms with Gasteiger partial charge in [0, 0.05) is 16.3 Å². The Morgan fingerprint density at radius 2 is 1.73 bits per heavy atom. The van der Waals surface area contributed by atoms with Crippen molar-refractivity contribution in [2.24, 2.45) is 0 Å². The highest BCUT2D eigenvalue weighted by molar-refractivity contribution is 14.1. The normalized spacial score (nSPS) is 10.9. The van der Waals surface area contributed by atoms with Crippen molar-refractivity contribution in [1.29, 1.82) is 5.26 Å². The molecule has 0 saturated carbocycles. The molecule has 0 aliphatic heterocycles. The van der Waals surface area contributed by atoms with Gasteiger partial charge in [0.1, 0.15) is 30.6 Å². The van der Waals surface area contributed by atoms with Crippen LogP contribution in [0.5, 0.6) is 17.2 Å². The SMILES string of the molecule is COc1cc(/C=C(\C#N)C(=O)Nc2ccc(OCc3ccccc3Cl)cc2)cc(I)c1OCc1ccc(C)cc1. The molecular formula is C32H26ClIN2O4. The lowest BCUT2D eigenvalue weighted by Crippen LogP contribution is -2.13. The number of halogens is 2. The van der Waals surface area contributed by atoms with Gasteiger partial charge in [-0.1, -0.05) is 59.6 Å². The maximum atomic E-state index is 12.9. The Morgan fingerprint density at radius 3 is 2.40 bits per heavy atom. The number of hydrogen-bond donors (Lipinski definition) is 1. The lowest BCUT2D eigenvalue weighted by molar-refractivity contribution is -0.112. The van der Waals surface area contributed by atoms with Crippen LogP contribution in [0, 0.1) is 21.8 Å². The number of aryl methyl sites for hydroxylation is 1. The summed E-state index contributed by atoms with van der Waals surface area (Å²) in [6.45, 7) is 2.75. The van der Waals surface area contributed by atoms with Crippen molar-refractivity contribution in [2.75, 3.05) is 12.4 Å². The van der Waals surface area contributed by atoms with Gasteiger partial charge in [0.25, 0.3) is 5.91 Å². The van der Waals surface area contributed by atoms with Gasteiger partial charge in [-0.2, -0.15) is 5.26 Å². The number of carbonyl (C=O) groups is 1. The number of hydrogen-bond acceptors (Lipinski definition) is 5. The molecule has 1 N–H and O–H groups in total. The largest absolute Gasteiger partial charge is 0.493 e. The van der Waals surface area contributed by atoms with Crippen LogP contribution in [-0.2, 0) is 18.0 Å². The Labute approximate surface area is 252 Å². The average Bonchev–Trinajstić information content (AvgIpc) is 2.96. The molecule has 40 heavy (non-hydrogen) atoms. The molecule has 0 fully saturated rings. The van der Waals surface area contributed by atoms with Gasteiger partial charge in [-0.3, -0.25) is 4.79 Å². The number of anilines is 1. The summed E-state index contributed by atoms with van der Waals surface area (Å²) in [6, 6.07) is 28.0. The molecule has 0 aliphatic rings. The van der Waals surface area contributed by atoms with E-state index >= 15 is 0 Å². The van der Waals surface area contributed by atoms with Gasteiger partial charge in [-0.15, -0.1) is 0 Å². The number of nitrogens with zero attached hydrogens (tertiary/aromatic N) is 1. The van der Waals surface area contributed by atoms with Crippen molar-refractivity contribution < 1.29 is 19.0 Å². The molecule has 0 aromatic heterocycles. The van der Waals surface area contributed by atoms with Gasteiger partial charge in [-0.25, -0.2) is 0 Å². The minimum atomic E-state index is -0.527. The fourth-order valence-corrected chi connectivity index (χ4v) is 4.70. The maximum Gasteiger partial charge on any atom is 0.266 e. The highest BCUT2D eigenvalue weighted by Crippen LogP contribution is 2.35. The fraction of sp³-hybridized carbons (Fsp3) is 0.125. The van der Waals surface area contributed by atoms with Crippen LogP contribution in [0.15, 0.2) is 90.5 Å². The third-order valence-electron chi connectivity index (χ3n) is 5.90. The highest BCUT2D eigenvalue weighted by atomic mass is 127. The predicted octanol–water partition coefficient (Wildman–Crippen LogP) is 7.97. The van der Waals surface area contributed by atoms with Gasteiger partial charge in [0.15, 0.2) is 11.5 Å². The Hall–Kier alpha value is -4.00. The molecule has 202 valence electrons. The van der Waals surface area contributed by atoms with Crippen molar-refractivity contribution in [2.45, 2.75) is 20.1 Å². The number of ether oxygens (including phenoxy) is 3. The molecule has 0 spiro atoms. The number of nitriles is 1. The Kier molecular flexibility index (Phi) is 10.1. The summed E-state index contributed by atoms with van der Waals surface area (Å²) in [5.41, 5.74) is 4.21. The quantitative estimate of drug-likeness (QED) is 0.106. The first-order valence-electron chi connectivity index (χ1n) is 12.3. The van der Waals surface area contributed by atoms with E-state index in [4.69, 9.17) is 25.8 Å². The number of rotatable bonds is 10. The van der Waals surface area contributed by atoms with Crippen LogP contribution in [0.25, 0.3) is 6.08 Å². The van der Waals surface area contributed by atoms with Crippen LogP contribution in [0.2, 0.25) is 5.02 Å². The lowest BCUT2D eigenvalue weighted by atomic mass is 10.1. The van der Waals surface area contributed by atoms with E-state index in [0.717, 1.165) is 14.7 Å². The third-order valence-corrected chi connectivity index (χ3v) is 7.07. The Balaban J connectivity index is 1.42. The Morgan fingerprint density at radius 1 is 1.00 bits per heavy atom. The number of nitrogens with one attached hydrogen (secondary N) is 1. The second-order valence-corrected chi connectivity index (χ2v) is 10.4. The molecule has 4 aromatic carbocycles. The molecule has 6 nitrogen and oxygen atoms in total. The summed E-state index contributed by atoms with van der Waals surface area (Å²) >= 11 is 8.33. The van der Waals surface area contributed by atoms with Crippen LogP contribution in [-0.4, -0.2) is 13.0 Å². The van der Waals surface area contributed by atoms with Crippen molar-refractivity contribution in [1.82, 2.24) is 0 Å². The van der Waals surface area contributed by atoms with E-state index in [2.05, 4.69) is 27.9 Å². The van der Waals surface area contributed by atoms with E-state index in [0.29, 0.717) is 46.7 Å². The molecule has 0 saturated heterocycles. The second kappa shape index (κ2) is 13.9. The molecule has 0 heterocycles. The minimum absolute atomic E-state index is 0.0507. The first kappa shape index (κ1) is 29.0. The standard InChI is InChI=1S/C32H26ClIN2O4/c1-21-7-9-22(10-8-21)19-40-31-29(34)16-23(17-30(31)38-2)15-25(18-35)32(37)36-26-11-13-27(14-12-26)39-20-24-5-3-4-6-28(24)33/h3-17H,19-20H2,1-2H3,(H,36,37)/b25-15+. The van der Waals surface area contributed by atoms with Gasteiger partial charge in [-0.05, 0) is 89.2 Å². The van der Waals surface area contributed by atoms with Crippen LogP contribution in [0.1, 0.15) is 22.3 Å². The Bertz CT molecular complexity index is 1560. The smallest absolute Gasteiger partial charge is 0.266 e. The summed E-state index contributed by atoms with van der Waals surface area (Å²) in [7, 11) is 1.55. The molecule has 0 unspecified atom stereocenters. The highest BCUT2D eigenvalue weighted by Gasteiger charge is 2.15. The second-order valence-electron chi connectivity index (χ2n) is 8.84. The number of carbonyl (C=O) groups excluding carboxylic acids is 1. The van der Waals surface area contributed by atoms with Crippen LogP contribution in [0.3, 0.4) is 0 Å².